The van der Waals surface area contributed by atoms with Gasteiger partial charge in [-0.3, -0.25) is 4.98 Å². The number of allylic oxidation sites excluding steroid dienone is 6. The molecular weight excluding hydrogens is 268 g/mol. The Kier molecular flexibility index (Phi) is 3.33. The van der Waals surface area contributed by atoms with E-state index in [1.807, 2.05) is 25.3 Å². The molecule has 1 heterocycles. The zero-order valence-electron chi connectivity index (χ0n) is 13.7. The standard InChI is InChI=1S/C20H22N2/c1-14(13-21)18-15(2)20(18,4)19(3)11-7-5-9-16(19)17-10-6-8-12-22-17/h5-12,15-16H,1-4H3/b18-14-. The van der Waals surface area contributed by atoms with Crippen LogP contribution in [0.4, 0.5) is 0 Å². The Bertz CT molecular complexity index is 720. The molecule has 2 aliphatic rings. The Morgan fingerprint density at radius 3 is 2.68 bits per heavy atom. The molecule has 0 saturated heterocycles. The quantitative estimate of drug-likeness (QED) is 0.734. The third-order valence-electron chi connectivity index (χ3n) is 5.98. The molecule has 0 amide bonds. The summed E-state index contributed by atoms with van der Waals surface area (Å²) in [7, 11) is 0. The van der Waals surface area contributed by atoms with Gasteiger partial charge >= 0.3 is 0 Å². The van der Waals surface area contributed by atoms with E-state index in [1.165, 1.54) is 5.57 Å². The Morgan fingerprint density at radius 2 is 2.05 bits per heavy atom. The van der Waals surface area contributed by atoms with Crippen LogP contribution in [0.15, 0.2) is 59.8 Å². The first-order valence-electron chi connectivity index (χ1n) is 7.85. The zero-order chi connectivity index (χ0) is 16.0. The molecule has 0 N–H and O–H groups in total. The summed E-state index contributed by atoms with van der Waals surface area (Å²) in [4.78, 5) is 4.59. The van der Waals surface area contributed by atoms with E-state index in [4.69, 9.17) is 0 Å². The second-order valence-corrected chi connectivity index (χ2v) is 6.83. The van der Waals surface area contributed by atoms with Crippen molar-refractivity contribution in [1.82, 2.24) is 4.98 Å². The summed E-state index contributed by atoms with van der Waals surface area (Å²) in [5, 5.41) is 9.31. The molecule has 0 aliphatic heterocycles. The van der Waals surface area contributed by atoms with Crippen molar-refractivity contribution in [3.63, 3.8) is 0 Å². The lowest BCUT2D eigenvalue weighted by atomic mass is 9.62. The third kappa shape index (κ3) is 1.82. The summed E-state index contributed by atoms with van der Waals surface area (Å²) in [5.41, 5.74) is 3.22. The van der Waals surface area contributed by atoms with Crippen LogP contribution in [0, 0.1) is 28.1 Å². The van der Waals surface area contributed by atoms with Gasteiger partial charge in [0.2, 0.25) is 0 Å². The van der Waals surface area contributed by atoms with E-state index in [-0.39, 0.29) is 16.7 Å². The first kappa shape index (κ1) is 14.8. The molecule has 0 radical (unpaired) electrons. The summed E-state index contributed by atoms with van der Waals surface area (Å²) in [6.45, 7) is 8.79. The molecule has 0 aromatic carbocycles. The van der Waals surface area contributed by atoms with Crippen molar-refractivity contribution in [3.05, 3.63) is 65.5 Å². The number of rotatable bonds is 2. The lowest BCUT2D eigenvalue weighted by Gasteiger charge is -2.41. The van der Waals surface area contributed by atoms with Gasteiger partial charge in [-0.15, -0.1) is 0 Å². The van der Waals surface area contributed by atoms with Crippen LogP contribution in [-0.2, 0) is 0 Å². The molecule has 22 heavy (non-hydrogen) atoms. The van der Waals surface area contributed by atoms with Crippen molar-refractivity contribution in [2.24, 2.45) is 16.7 Å². The number of nitrogens with zero attached hydrogens (tertiary/aromatic N) is 2. The van der Waals surface area contributed by atoms with E-state index >= 15 is 0 Å². The molecule has 4 unspecified atom stereocenters. The summed E-state index contributed by atoms with van der Waals surface area (Å²) in [6.07, 6.45) is 10.7. The van der Waals surface area contributed by atoms with Gasteiger partial charge < -0.3 is 0 Å². The predicted molar refractivity (Wildman–Crippen MR) is 88.9 cm³/mol. The molecule has 2 aliphatic carbocycles. The Balaban J connectivity index is 2.10. The van der Waals surface area contributed by atoms with Gasteiger partial charge in [0.15, 0.2) is 0 Å². The predicted octanol–water partition coefficient (Wildman–Crippen LogP) is 4.79. The summed E-state index contributed by atoms with van der Waals surface area (Å²) < 4.78 is 0. The van der Waals surface area contributed by atoms with Gasteiger partial charge in [-0.1, -0.05) is 51.1 Å². The average Bonchev–Trinajstić information content (AvgIpc) is 3.11. The lowest BCUT2D eigenvalue weighted by Crippen LogP contribution is -2.34. The number of hydrogen-bond acceptors (Lipinski definition) is 2. The maximum atomic E-state index is 9.31. The largest absolute Gasteiger partial charge is 0.261 e. The van der Waals surface area contributed by atoms with Gasteiger partial charge in [-0.05, 0) is 30.5 Å². The highest BCUT2D eigenvalue weighted by Gasteiger charge is 2.65. The van der Waals surface area contributed by atoms with Gasteiger partial charge in [-0.25, -0.2) is 0 Å². The van der Waals surface area contributed by atoms with Gasteiger partial charge in [0.1, 0.15) is 0 Å². The van der Waals surface area contributed by atoms with Gasteiger partial charge in [0.25, 0.3) is 0 Å². The topological polar surface area (TPSA) is 36.7 Å². The molecule has 1 aromatic rings. The molecule has 3 rings (SSSR count). The second kappa shape index (κ2) is 4.95. The highest BCUT2D eigenvalue weighted by Crippen LogP contribution is 2.72. The maximum Gasteiger partial charge on any atom is 0.0943 e. The Labute approximate surface area is 132 Å². The van der Waals surface area contributed by atoms with Crippen LogP contribution in [0.25, 0.3) is 0 Å². The van der Waals surface area contributed by atoms with E-state index in [2.05, 4.69) is 62.2 Å². The SMILES string of the molecule is C/C(C#N)=C1\C(C)C1(C)C1(C)C=CC=CC1c1ccccn1. The van der Waals surface area contributed by atoms with Gasteiger partial charge in [-0.2, -0.15) is 5.26 Å². The van der Waals surface area contributed by atoms with Crippen LogP contribution in [0.5, 0.6) is 0 Å². The van der Waals surface area contributed by atoms with Crippen LogP contribution in [0.3, 0.4) is 0 Å². The summed E-state index contributed by atoms with van der Waals surface area (Å²) >= 11 is 0. The minimum absolute atomic E-state index is 0.0102. The van der Waals surface area contributed by atoms with Crippen molar-refractivity contribution in [2.45, 2.75) is 33.6 Å². The van der Waals surface area contributed by atoms with Crippen LogP contribution in [-0.4, -0.2) is 4.98 Å². The first-order chi connectivity index (χ1) is 10.5. The molecule has 1 fully saturated rings. The molecular formula is C20H22N2. The minimum Gasteiger partial charge on any atom is -0.261 e. The monoisotopic (exact) mass is 290 g/mol. The van der Waals surface area contributed by atoms with Crippen LogP contribution in [0.2, 0.25) is 0 Å². The van der Waals surface area contributed by atoms with Crippen molar-refractivity contribution in [2.75, 3.05) is 0 Å². The van der Waals surface area contributed by atoms with E-state index in [0.29, 0.717) is 5.92 Å². The molecule has 1 aromatic heterocycles. The van der Waals surface area contributed by atoms with Gasteiger partial charge in [0, 0.05) is 34.2 Å². The lowest BCUT2D eigenvalue weighted by molar-refractivity contribution is 0.211. The normalized spacial score (nSPS) is 38.5. The molecule has 2 nitrogen and oxygen atoms in total. The van der Waals surface area contributed by atoms with Crippen molar-refractivity contribution in [3.8, 4) is 6.07 Å². The Morgan fingerprint density at radius 1 is 1.27 bits per heavy atom. The third-order valence-corrected chi connectivity index (χ3v) is 5.98. The molecule has 4 atom stereocenters. The van der Waals surface area contributed by atoms with Crippen LogP contribution in [0.1, 0.15) is 39.3 Å². The molecule has 112 valence electrons. The number of aromatic nitrogens is 1. The van der Waals surface area contributed by atoms with E-state index in [0.717, 1.165) is 11.3 Å². The van der Waals surface area contributed by atoms with Crippen LogP contribution < -0.4 is 0 Å². The molecule has 0 spiro atoms. The maximum absolute atomic E-state index is 9.31. The highest BCUT2D eigenvalue weighted by molar-refractivity contribution is 5.51. The van der Waals surface area contributed by atoms with E-state index in [1.54, 1.807) is 0 Å². The second-order valence-electron chi connectivity index (χ2n) is 6.83. The first-order valence-corrected chi connectivity index (χ1v) is 7.85. The number of nitriles is 1. The smallest absolute Gasteiger partial charge is 0.0943 e. The fraction of sp³-hybridized carbons (Fsp3) is 0.400. The molecule has 1 saturated carbocycles. The number of pyridine rings is 1. The summed E-state index contributed by atoms with van der Waals surface area (Å²) in [6, 6.07) is 8.45. The fourth-order valence-corrected chi connectivity index (χ4v) is 4.35. The minimum atomic E-state index is -0.0665. The Hall–Kier alpha value is -2.14. The van der Waals surface area contributed by atoms with Crippen molar-refractivity contribution < 1.29 is 0 Å². The molecule has 2 heteroatoms. The van der Waals surface area contributed by atoms with Crippen molar-refractivity contribution in [1.29, 1.82) is 5.26 Å². The van der Waals surface area contributed by atoms with E-state index < -0.39 is 0 Å². The zero-order valence-corrected chi connectivity index (χ0v) is 13.7. The van der Waals surface area contributed by atoms with Crippen LogP contribution >= 0.6 is 0 Å². The van der Waals surface area contributed by atoms with Crippen molar-refractivity contribution >= 4 is 0 Å². The van der Waals surface area contributed by atoms with E-state index in [9.17, 15) is 5.26 Å². The molecule has 0 bridgehead atoms. The van der Waals surface area contributed by atoms with Gasteiger partial charge in [0.05, 0.1) is 6.07 Å². The average molecular weight is 290 g/mol. The summed E-state index contributed by atoms with van der Waals surface area (Å²) in [5.74, 6) is 0.662. The highest BCUT2D eigenvalue weighted by atomic mass is 14.7. The fourth-order valence-electron chi connectivity index (χ4n) is 4.35. The number of hydrogen-bond donors (Lipinski definition) is 0.